The summed E-state index contributed by atoms with van der Waals surface area (Å²) in [6, 6.07) is 11.2. The minimum atomic E-state index is -0.537. The number of pyridine rings is 1. The first-order chi connectivity index (χ1) is 12.2. The van der Waals surface area contributed by atoms with Crippen LogP contribution in [0.2, 0.25) is 0 Å². The molecular weight excluding hydrogens is 316 g/mol. The van der Waals surface area contributed by atoms with Crippen molar-refractivity contribution in [3.63, 3.8) is 0 Å². The van der Waals surface area contributed by atoms with Crippen molar-refractivity contribution in [2.45, 2.75) is 31.5 Å². The standard InChI is InChI=1S/C19H20N4O2/c24-18-9-13(12-23-7-3-6-21-23)8-16(18)22-19(25)17-10-14-4-1-2-5-15(14)11-20-17/h1-7,10-11,13,16,18,24H,8-9,12H2,(H,22,25)/t13?,16-,18-/m1/s1. The van der Waals surface area contributed by atoms with Gasteiger partial charge in [-0.25, -0.2) is 0 Å². The van der Waals surface area contributed by atoms with E-state index in [0.717, 1.165) is 23.7 Å². The second kappa shape index (κ2) is 6.64. The van der Waals surface area contributed by atoms with Gasteiger partial charge in [-0.05, 0) is 36.3 Å². The molecule has 2 aromatic heterocycles. The summed E-state index contributed by atoms with van der Waals surface area (Å²) in [4.78, 5) is 16.8. The summed E-state index contributed by atoms with van der Waals surface area (Å²) in [5, 5.41) is 19.4. The molecule has 1 aliphatic carbocycles. The maximum atomic E-state index is 12.5. The van der Waals surface area contributed by atoms with Crippen LogP contribution in [0.3, 0.4) is 0 Å². The molecule has 128 valence electrons. The van der Waals surface area contributed by atoms with Gasteiger partial charge in [0.2, 0.25) is 0 Å². The van der Waals surface area contributed by atoms with E-state index in [1.807, 2.05) is 41.2 Å². The minimum absolute atomic E-state index is 0.241. The van der Waals surface area contributed by atoms with E-state index in [1.54, 1.807) is 18.5 Å². The van der Waals surface area contributed by atoms with Gasteiger partial charge in [0.15, 0.2) is 0 Å². The van der Waals surface area contributed by atoms with Gasteiger partial charge in [0.25, 0.3) is 5.91 Å². The Hall–Kier alpha value is -2.73. The summed E-state index contributed by atoms with van der Waals surface area (Å²) in [6.45, 7) is 0.755. The van der Waals surface area contributed by atoms with Crippen molar-refractivity contribution in [2.24, 2.45) is 5.92 Å². The van der Waals surface area contributed by atoms with Gasteiger partial charge >= 0.3 is 0 Å². The lowest BCUT2D eigenvalue weighted by atomic mass is 10.1. The van der Waals surface area contributed by atoms with Crippen molar-refractivity contribution in [3.8, 4) is 0 Å². The zero-order chi connectivity index (χ0) is 17.2. The molecule has 1 aliphatic rings. The number of rotatable bonds is 4. The third-order valence-electron chi connectivity index (χ3n) is 4.81. The number of amides is 1. The molecule has 0 aliphatic heterocycles. The SMILES string of the molecule is O=C(N[C@@H]1CC(Cn2cccn2)C[C@H]1O)c1cc2ccccc2cn1. The third kappa shape index (κ3) is 3.39. The monoisotopic (exact) mass is 336 g/mol. The Kier molecular flexibility index (Phi) is 4.19. The van der Waals surface area contributed by atoms with Gasteiger partial charge in [-0.2, -0.15) is 5.10 Å². The minimum Gasteiger partial charge on any atom is -0.391 e. The molecule has 1 amide bonds. The van der Waals surface area contributed by atoms with Crippen LogP contribution < -0.4 is 5.32 Å². The fourth-order valence-electron chi connectivity index (χ4n) is 3.55. The Bertz CT molecular complexity index is 878. The number of nitrogens with one attached hydrogen (secondary N) is 1. The molecule has 4 rings (SSSR count). The number of benzene rings is 1. The van der Waals surface area contributed by atoms with Gasteiger partial charge in [-0.3, -0.25) is 14.5 Å². The predicted octanol–water partition coefficient (Wildman–Crippen LogP) is 2.00. The van der Waals surface area contributed by atoms with Crippen LogP contribution >= 0.6 is 0 Å². The quantitative estimate of drug-likeness (QED) is 0.764. The van der Waals surface area contributed by atoms with Gasteiger partial charge in [0.1, 0.15) is 5.69 Å². The number of aliphatic hydroxyl groups is 1. The number of aliphatic hydroxyl groups excluding tert-OH is 1. The number of aromatic nitrogens is 3. The fourth-order valence-corrected chi connectivity index (χ4v) is 3.55. The molecule has 6 nitrogen and oxygen atoms in total. The molecule has 25 heavy (non-hydrogen) atoms. The predicted molar refractivity (Wildman–Crippen MR) is 94.0 cm³/mol. The Morgan fingerprint density at radius 3 is 2.88 bits per heavy atom. The fraction of sp³-hybridized carbons (Fsp3) is 0.316. The lowest BCUT2D eigenvalue weighted by Crippen LogP contribution is -2.40. The molecule has 2 N–H and O–H groups in total. The van der Waals surface area contributed by atoms with E-state index in [-0.39, 0.29) is 11.9 Å². The number of hydrogen-bond acceptors (Lipinski definition) is 4. The summed E-state index contributed by atoms with van der Waals surface area (Å²) in [7, 11) is 0. The van der Waals surface area contributed by atoms with Crippen molar-refractivity contribution in [2.75, 3.05) is 0 Å². The van der Waals surface area contributed by atoms with E-state index >= 15 is 0 Å². The topological polar surface area (TPSA) is 80.0 Å². The summed E-state index contributed by atoms with van der Waals surface area (Å²) in [6.07, 6.45) is 6.23. The Morgan fingerprint density at radius 1 is 1.24 bits per heavy atom. The first kappa shape index (κ1) is 15.8. The lowest BCUT2D eigenvalue weighted by Gasteiger charge is -2.16. The van der Waals surface area contributed by atoms with E-state index in [0.29, 0.717) is 18.0 Å². The van der Waals surface area contributed by atoms with Gasteiger partial charge in [0.05, 0.1) is 12.1 Å². The molecule has 0 bridgehead atoms. The maximum absolute atomic E-state index is 12.5. The number of carbonyl (C=O) groups excluding carboxylic acids is 1. The molecule has 1 saturated carbocycles. The van der Waals surface area contributed by atoms with Crippen LogP contribution in [0.15, 0.2) is 55.0 Å². The summed E-state index contributed by atoms with van der Waals surface area (Å²) < 4.78 is 1.87. The van der Waals surface area contributed by atoms with Crippen molar-refractivity contribution in [1.29, 1.82) is 0 Å². The van der Waals surface area contributed by atoms with Gasteiger partial charge < -0.3 is 10.4 Å². The highest BCUT2D eigenvalue weighted by Gasteiger charge is 2.34. The van der Waals surface area contributed by atoms with E-state index in [2.05, 4.69) is 15.4 Å². The highest BCUT2D eigenvalue weighted by Crippen LogP contribution is 2.27. The van der Waals surface area contributed by atoms with E-state index in [9.17, 15) is 9.90 Å². The molecule has 3 atom stereocenters. The highest BCUT2D eigenvalue weighted by atomic mass is 16.3. The van der Waals surface area contributed by atoms with Crippen LogP contribution in [0.5, 0.6) is 0 Å². The van der Waals surface area contributed by atoms with Crippen LogP contribution in [0, 0.1) is 5.92 Å². The molecule has 3 aromatic rings. The van der Waals surface area contributed by atoms with Crippen molar-refractivity contribution >= 4 is 16.7 Å². The molecule has 2 heterocycles. The molecule has 1 aromatic carbocycles. The molecule has 0 radical (unpaired) electrons. The van der Waals surface area contributed by atoms with Crippen molar-refractivity contribution < 1.29 is 9.90 Å². The van der Waals surface area contributed by atoms with E-state index in [4.69, 9.17) is 0 Å². The molecule has 0 saturated heterocycles. The summed E-state index contributed by atoms with van der Waals surface area (Å²) in [5.41, 5.74) is 0.376. The summed E-state index contributed by atoms with van der Waals surface area (Å²) >= 11 is 0. The number of fused-ring (bicyclic) bond motifs is 1. The first-order valence-corrected chi connectivity index (χ1v) is 8.50. The zero-order valence-corrected chi connectivity index (χ0v) is 13.7. The Balaban J connectivity index is 1.42. The van der Waals surface area contributed by atoms with E-state index in [1.165, 1.54) is 0 Å². The number of hydrogen-bond donors (Lipinski definition) is 2. The highest BCUT2D eigenvalue weighted by molar-refractivity contribution is 5.96. The number of nitrogens with zero attached hydrogens (tertiary/aromatic N) is 3. The lowest BCUT2D eigenvalue weighted by molar-refractivity contribution is 0.0868. The van der Waals surface area contributed by atoms with Gasteiger partial charge in [-0.1, -0.05) is 24.3 Å². The Morgan fingerprint density at radius 2 is 2.08 bits per heavy atom. The maximum Gasteiger partial charge on any atom is 0.270 e. The van der Waals surface area contributed by atoms with Crippen molar-refractivity contribution in [1.82, 2.24) is 20.1 Å². The van der Waals surface area contributed by atoms with Crippen LogP contribution in [-0.4, -0.2) is 37.9 Å². The van der Waals surface area contributed by atoms with Crippen LogP contribution in [0.4, 0.5) is 0 Å². The van der Waals surface area contributed by atoms with E-state index < -0.39 is 6.10 Å². The molecular formula is C19H20N4O2. The molecule has 0 spiro atoms. The molecule has 6 heteroatoms. The average Bonchev–Trinajstić information content (AvgIpc) is 3.25. The molecule has 1 unspecified atom stereocenters. The largest absolute Gasteiger partial charge is 0.391 e. The normalized spacial score (nSPS) is 23.0. The van der Waals surface area contributed by atoms with Crippen LogP contribution in [0.25, 0.3) is 10.8 Å². The molecule has 1 fully saturated rings. The third-order valence-corrected chi connectivity index (χ3v) is 4.81. The Labute approximate surface area is 145 Å². The van der Waals surface area contributed by atoms with Crippen LogP contribution in [0.1, 0.15) is 23.3 Å². The first-order valence-electron chi connectivity index (χ1n) is 8.50. The summed E-state index contributed by atoms with van der Waals surface area (Å²) in [5.74, 6) is 0.0549. The number of carbonyl (C=O) groups is 1. The second-order valence-corrected chi connectivity index (χ2v) is 6.63. The van der Waals surface area contributed by atoms with Crippen LogP contribution in [-0.2, 0) is 6.54 Å². The van der Waals surface area contributed by atoms with Crippen molar-refractivity contribution in [3.05, 3.63) is 60.7 Å². The smallest absolute Gasteiger partial charge is 0.270 e. The van der Waals surface area contributed by atoms with Gasteiger partial charge in [0, 0.05) is 30.5 Å². The van der Waals surface area contributed by atoms with Gasteiger partial charge in [-0.15, -0.1) is 0 Å². The average molecular weight is 336 g/mol. The second-order valence-electron chi connectivity index (χ2n) is 6.63. The zero-order valence-electron chi connectivity index (χ0n) is 13.7.